The fourth-order valence-corrected chi connectivity index (χ4v) is 4.98. The molecule has 0 radical (unpaired) electrons. The predicted molar refractivity (Wildman–Crippen MR) is 126 cm³/mol. The minimum atomic E-state index is -0.402. The van der Waals surface area contributed by atoms with Gasteiger partial charge in [0.05, 0.1) is 12.1 Å². The molecule has 1 atom stereocenters. The Hall–Kier alpha value is -2.18. The first-order valence-electron chi connectivity index (χ1n) is 10.8. The van der Waals surface area contributed by atoms with E-state index in [2.05, 4.69) is 70.5 Å². The van der Waals surface area contributed by atoms with Gasteiger partial charge in [-0.1, -0.05) is 60.7 Å². The van der Waals surface area contributed by atoms with Crippen LogP contribution in [-0.2, 0) is 0 Å². The van der Waals surface area contributed by atoms with Crippen molar-refractivity contribution in [1.29, 1.82) is 0 Å². The van der Waals surface area contributed by atoms with E-state index in [0.717, 1.165) is 31.1 Å². The van der Waals surface area contributed by atoms with E-state index in [4.69, 9.17) is 0 Å². The van der Waals surface area contributed by atoms with Crippen LogP contribution in [0, 0.1) is 5.82 Å². The summed E-state index contributed by atoms with van der Waals surface area (Å²) in [7, 11) is 0. The van der Waals surface area contributed by atoms with Gasteiger partial charge in [-0.15, -0.1) is 11.8 Å². The molecule has 0 spiro atoms. The molecule has 1 heterocycles. The van der Waals surface area contributed by atoms with Gasteiger partial charge in [-0.05, 0) is 35.4 Å². The summed E-state index contributed by atoms with van der Waals surface area (Å²) in [6.45, 7) is 4.48. The lowest BCUT2D eigenvalue weighted by Crippen LogP contribution is -2.49. The van der Waals surface area contributed by atoms with E-state index in [1.165, 1.54) is 23.3 Å². The maximum absolute atomic E-state index is 13.0. The quantitative estimate of drug-likeness (QED) is 0.519. The van der Waals surface area contributed by atoms with Crippen molar-refractivity contribution in [3.8, 4) is 0 Å². The molecule has 0 bridgehead atoms. The molecule has 3 nitrogen and oxygen atoms in total. The zero-order valence-corrected chi connectivity index (χ0v) is 18.4. The largest absolute Gasteiger partial charge is 0.391 e. The number of aliphatic hydroxyl groups is 1. The standard InChI is InChI=1S/C26H29FN2OS/c27-23-11-13-25(14-12-23)31-20-24(30)19-28-15-17-29(18-16-28)26(21-7-3-1-4-8-21)22-9-5-2-6-10-22/h1-14,24,26,30H,15-20H2/t24-/m1/s1. The monoisotopic (exact) mass is 436 g/mol. The third kappa shape index (κ3) is 6.17. The van der Waals surface area contributed by atoms with Gasteiger partial charge in [-0.2, -0.15) is 0 Å². The Bertz CT molecular complexity index is 876. The van der Waals surface area contributed by atoms with E-state index < -0.39 is 6.10 Å². The number of hydrogen-bond donors (Lipinski definition) is 1. The maximum Gasteiger partial charge on any atom is 0.123 e. The molecule has 5 heteroatoms. The van der Waals surface area contributed by atoms with Crippen molar-refractivity contribution in [2.45, 2.75) is 17.0 Å². The molecule has 0 aromatic heterocycles. The van der Waals surface area contributed by atoms with Crippen LogP contribution in [0.1, 0.15) is 17.2 Å². The van der Waals surface area contributed by atoms with E-state index in [9.17, 15) is 9.50 Å². The van der Waals surface area contributed by atoms with Crippen molar-refractivity contribution in [2.24, 2.45) is 0 Å². The fourth-order valence-electron chi connectivity index (χ4n) is 4.16. The van der Waals surface area contributed by atoms with E-state index in [1.54, 1.807) is 23.9 Å². The fraction of sp³-hybridized carbons (Fsp3) is 0.308. The molecule has 1 saturated heterocycles. The van der Waals surface area contributed by atoms with E-state index in [1.807, 2.05) is 0 Å². The molecule has 31 heavy (non-hydrogen) atoms. The molecule has 3 aromatic carbocycles. The van der Waals surface area contributed by atoms with Gasteiger partial charge in [0.25, 0.3) is 0 Å². The predicted octanol–water partition coefficient (Wildman–Crippen LogP) is 4.69. The number of halogens is 1. The first kappa shape index (κ1) is 22.0. The summed E-state index contributed by atoms with van der Waals surface area (Å²) in [6, 6.07) is 28.1. The molecule has 1 aliphatic rings. The summed E-state index contributed by atoms with van der Waals surface area (Å²) in [6.07, 6.45) is -0.402. The molecular formula is C26H29FN2OS. The second-order valence-corrected chi connectivity index (χ2v) is 9.07. The Morgan fingerprint density at radius 1 is 0.774 bits per heavy atom. The Balaban J connectivity index is 1.32. The molecule has 0 unspecified atom stereocenters. The topological polar surface area (TPSA) is 26.7 Å². The van der Waals surface area contributed by atoms with Crippen molar-refractivity contribution < 1.29 is 9.50 Å². The van der Waals surface area contributed by atoms with Gasteiger partial charge in [0, 0.05) is 43.4 Å². The van der Waals surface area contributed by atoms with Crippen LogP contribution in [0.4, 0.5) is 4.39 Å². The highest BCUT2D eigenvalue weighted by molar-refractivity contribution is 7.99. The summed E-state index contributed by atoms with van der Waals surface area (Å²) in [4.78, 5) is 5.87. The minimum Gasteiger partial charge on any atom is -0.391 e. The first-order chi connectivity index (χ1) is 15.2. The Kier molecular flexibility index (Phi) is 7.76. The molecule has 0 saturated carbocycles. The van der Waals surface area contributed by atoms with Crippen molar-refractivity contribution in [2.75, 3.05) is 38.5 Å². The molecule has 0 amide bonds. The van der Waals surface area contributed by atoms with E-state index in [-0.39, 0.29) is 11.9 Å². The van der Waals surface area contributed by atoms with Crippen LogP contribution in [0.25, 0.3) is 0 Å². The molecule has 1 N–H and O–H groups in total. The third-order valence-corrected chi connectivity index (χ3v) is 6.88. The second kappa shape index (κ2) is 10.9. The van der Waals surface area contributed by atoms with Crippen LogP contribution >= 0.6 is 11.8 Å². The number of aliphatic hydroxyl groups excluding tert-OH is 1. The SMILES string of the molecule is O[C@@H](CSc1ccc(F)cc1)CN1CCN(C(c2ccccc2)c2ccccc2)CC1. The Morgan fingerprint density at radius 3 is 1.87 bits per heavy atom. The van der Waals surface area contributed by atoms with Crippen LogP contribution in [0.3, 0.4) is 0 Å². The van der Waals surface area contributed by atoms with Crippen molar-refractivity contribution >= 4 is 11.8 Å². The van der Waals surface area contributed by atoms with Crippen molar-refractivity contribution in [3.05, 3.63) is 102 Å². The van der Waals surface area contributed by atoms with Crippen LogP contribution in [0.2, 0.25) is 0 Å². The number of thioether (sulfide) groups is 1. The second-order valence-electron chi connectivity index (χ2n) is 7.98. The average Bonchev–Trinajstić information content (AvgIpc) is 2.81. The van der Waals surface area contributed by atoms with Crippen LogP contribution < -0.4 is 0 Å². The van der Waals surface area contributed by atoms with E-state index >= 15 is 0 Å². The van der Waals surface area contributed by atoms with Gasteiger partial charge in [-0.3, -0.25) is 9.80 Å². The minimum absolute atomic E-state index is 0.230. The lowest BCUT2D eigenvalue weighted by Gasteiger charge is -2.40. The van der Waals surface area contributed by atoms with Crippen LogP contribution in [0.15, 0.2) is 89.8 Å². The molecule has 1 aliphatic heterocycles. The molecule has 0 aliphatic carbocycles. The Morgan fingerprint density at radius 2 is 1.32 bits per heavy atom. The molecule has 3 aromatic rings. The average molecular weight is 437 g/mol. The van der Waals surface area contributed by atoms with Crippen LogP contribution in [0.5, 0.6) is 0 Å². The van der Waals surface area contributed by atoms with Crippen molar-refractivity contribution in [1.82, 2.24) is 9.80 Å². The third-order valence-electron chi connectivity index (χ3n) is 5.73. The molecule has 4 rings (SSSR count). The van der Waals surface area contributed by atoms with Gasteiger partial charge >= 0.3 is 0 Å². The number of rotatable bonds is 8. The number of piperazine rings is 1. The summed E-state index contributed by atoms with van der Waals surface area (Å²) in [5, 5.41) is 10.5. The van der Waals surface area contributed by atoms with Gasteiger partial charge in [0.2, 0.25) is 0 Å². The molecule has 162 valence electrons. The zero-order valence-electron chi connectivity index (χ0n) is 17.6. The number of hydrogen-bond acceptors (Lipinski definition) is 4. The van der Waals surface area contributed by atoms with Crippen LogP contribution in [-0.4, -0.2) is 59.5 Å². The van der Waals surface area contributed by atoms with Gasteiger partial charge in [0.15, 0.2) is 0 Å². The highest BCUT2D eigenvalue weighted by Gasteiger charge is 2.27. The first-order valence-corrected chi connectivity index (χ1v) is 11.8. The van der Waals surface area contributed by atoms with Gasteiger partial charge < -0.3 is 5.11 Å². The summed E-state index contributed by atoms with van der Waals surface area (Å²) in [5.41, 5.74) is 2.63. The lowest BCUT2D eigenvalue weighted by atomic mass is 9.96. The highest BCUT2D eigenvalue weighted by Crippen LogP contribution is 2.29. The van der Waals surface area contributed by atoms with E-state index in [0.29, 0.717) is 12.3 Å². The number of β-amino-alcohol motifs (C(OH)–C–C–N with tert-alkyl or cyclic N) is 1. The van der Waals surface area contributed by atoms with Gasteiger partial charge in [-0.25, -0.2) is 4.39 Å². The smallest absolute Gasteiger partial charge is 0.123 e. The zero-order chi connectivity index (χ0) is 21.5. The molecular weight excluding hydrogens is 407 g/mol. The summed E-state index contributed by atoms with van der Waals surface area (Å²) in [5.74, 6) is 0.384. The number of benzene rings is 3. The number of nitrogens with zero attached hydrogens (tertiary/aromatic N) is 2. The Labute approximate surface area is 188 Å². The summed E-state index contributed by atoms with van der Waals surface area (Å²) >= 11 is 1.57. The van der Waals surface area contributed by atoms with Gasteiger partial charge in [0.1, 0.15) is 5.82 Å². The van der Waals surface area contributed by atoms with Crippen molar-refractivity contribution in [3.63, 3.8) is 0 Å². The molecule has 1 fully saturated rings. The normalized spacial score (nSPS) is 16.5. The lowest BCUT2D eigenvalue weighted by molar-refractivity contribution is 0.0708. The summed E-state index contributed by atoms with van der Waals surface area (Å²) < 4.78 is 13.0. The maximum atomic E-state index is 13.0. The highest BCUT2D eigenvalue weighted by atomic mass is 32.2.